The molecule has 0 aliphatic rings. The van der Waals surface area contributed by atoms with Gasteiger partial charge in [0.15, 0.2) is 11.5 Å². The molecule has 5 nitrogen and oxygen atoms in total. The number of para-hydroxylation sites is 2. The summed E-state index contributed by atoms with van der Waals surface area (Å²) >= 11 is 6.01. The summed E-state index contributed by atoms with van der Waals surface area (Å²) in [5, 5.41) is 1.06. The Morgan fingerprint density at radius 2 is 1.74 bits per heavy atom. The SMILES string of the molecule is CCOc1ccccc1Oc1c(C)oc2cc(OCc3cccc(Cl)c3)ccc2c1=O. The van der Waals surface area contributed by atoms with E-state index < -0.39 is 0 Å². The molecular weight excluding hydrogens is 416 g/mol. The normalized spacial score (nSPS) is 10.8. The second kappa shape index (κ2) is 9.14. The van der Waals surface area contributed by atoms with Crippen molar-refractivity contribution in [2.45, 2.75) is 20.5 Å². The average Bonchev–Trinajstić information content (AvgIpc) is 2.76. The number of ether oxygens (including phenoxy) is 3. The Balaban J connectivity index is 1.62. The van der Waals surface area contributed by atoms with Crippen LogP contribution in [0.3, 0.4) is 0 Å². The number of hydrogen-bond acceptors (Lipinski definition) is 5. The van der Waals surface area contributed by atoms with Crippen LogP contribution in [0.25, 0.3) is 11.0 Å². The molecule has 0 N–H and O–H groups in total. The molecule has 0 spiro atoms. The average molecular weight is 437 g/mol. The van der Waals surface area contributed by atoms with Crippen molar-refractivity contribution >= 4 is 22.6 Å². The van der Waals surface area contributed by atoms with E-state index in [4.69, 9.17) is 30.2 Å². The van der Waals surface area contributed by atoms with Gasteiger partial charge in [0.1, 0.15) is 23.7 Å². The van der Waals surface area contributed by atoms with E-state index in [1.165, 1.54) is 0 Å². The van der Waals surface area contributed by atoms with Crippen molar-refractivity contribution in [1.82, 2.24) is 0 Å². The van der Waals surface area contributed by atoms with E-state index in [0.717, 1.165) is 5.56 Å². The molecule has 1 heterocycles. The number of aryl methyl sites for hydroxylation is 1. The highest BCUT2D eigenvalue weighted by Crippen LogP contribution is 2.33. The molecule has 0 amide bonds. The van der Waals surface area contributed by atoms with Crippen LogP contribution >= 0.6 is 11.6 Å². The minimum Gasteiger partial charge on any atom is -0.490 e. The van der Waals surface area contributed by atoms with Crippen molar-refractivity contribution in [1.29, 1.82) is 0 Å². The second-order valence-corrected chi connectivity index (χ2v) is 7.31. The zero-order chi connectivity index (χ0) is 21.8. The Morgan fingerprint density at radius 3 is 2.52 bits per heavy atom. The van der Waals surface area contributed by atoms with Crippen LogP contribution in [0.1, 0.15) is 18.2 Å². The van der Waals surface area contributed by atoms with Crippen molar-refractivity contribution in [3.05, 3.63) is 93.3 Å². The maximum absolute atomic E-state index is 13.1. The van der Waals surface area contributed by atoms with Crippen LogP contribution in [0, 0.1) is 6.92 Å². The van der Waals surface area contributed by atoms with Crippen LogP contribution in [0.15, 0.2) is 75.9 Å². The molecule has 0 saturated heterocycles. The van der Waals surface area contributed by atoms with Crippen LogP contribution in [-0.2, 0) is 6.61 Å². The van der Waals surface area contributed by atoms with Crippen LogP contribution < -0.4 is 19.6 Å². The third-order valence-corrected chi connectivity index (χ3v) is 4.88. The molecule has 1 aromatic heterocycles. The van der Waals surface area contributed by atoms with Crippen molar-refractivity contribution in [2.75, 3.05) is 6.61 Å². The fraction of sp³-hybridized carbons (Fsp3) is 0.160. The smallest absolute Gasteiger partial charge is 0.235 e. The summed E-state index contributed by atoms with van der Waals surface area (Å²) in [5.41, 5.74) is 1.12. The number of halogens is 1. The van der Waals surface area contributed by atoms with Gasteiger partial charge in [-0.1, -0.05) is 35.9 Å². The van der Waals surface area contributed by atoms with Gasteiger partial charge in [0, 0.05) is 11.1 Å². The molecule has 158 valence electrons. The Bertz CT molecular complexity index is 1280. The third kappa shape index (κ3) is 4.67. The molecule has 0 radical (unpaired) electrons. The number of benzene rings is 3. The van der Waals surface area contributed by atoms with Crippen molar-refractivity contribution < 1.29 is 18.6 Å². The maximum atomic E-state index is 13.1. The van der Waals surface area contributed by atoms with Crippen molar-refractivity contribution in [2.24, 2.45) is 0 Å². The van der Waals surface area contributed by atoms with E-state index in [1.54, 1.807) is 37.3 Å². The van der Waals surface area contributed by atoms with Gasteiger partial charge in [-0.25, -0.2) is 0 Å². The number of fused-ring (bicyclic) bond motifs is 1. The molecule has 3 aromatic carbocycles. The molecule has 31 heavy (non-hydrogen) atoms. The second-order valence-electron chi connectivity index (χ2n) is 6.87. The van der Waals surface area contributed by atoms with E-state index in [9.17, 15) is 4.79 Å². The lowest BCUT2D eigenvalue weighted by Gasteiger charge is -2.13. The first-order valence-corrected chi connectivity index (χ1v) is 10.3. The standard InChI is InChI=1S/C25H21ClO5/c1-3-28-21-9-4-5-10-22(21)31-25-16(2)30-23-14-19(11-12-20(23)24(25)27)29-15-17-7-6-8-18(26)13-17/h4-14H,3,15H2,1-2H3. The lowest BCUT2D eigenvalue weighted by atomic mass is 10.2. The molecule has 0 unspecified atom stereocenters. The summed E-state index contributed by atoms with van der Waals surface area (Å²) in [6, 6.07) is 19.8. The monoisotopic (exact) mass is 436 g/mol. The molecule has 6 heteroatoms. The van der Waals surface area contributed by atoms with Crippen molar-refractivity contribution in [3.63, 3.8) is 0 Å². The first kappa shape index (κ1) is 20.8. The van der Waals surface area contributed by atoms with Gasteiger partial charge in [-0.05, 0) is 55.8 Å². The van der Waals surface area contributed by atoms with Gasteiger partial charge in [-0.2, -0.15) is 0 Å². The molecule has 0 bridgehead atoms. The van der Waals surface area contributed by atoms with Crippen LogP contribution in [0.5, 0.6) is 23.0 Å². The van der Waals surface area contributed by atoms with E-state index in [-0.39, 0.29) is 11.2 Å². The highest BCUT2D eigenvalue weighted by molar-refractivity contribution is 6.30. The summed E-state index contributed by atoms with van der Waals surface area (Å²) in [4.78, 5) is 13.1. The van der Waals surface area contributed by atoms with Gasteiger partial charge in [-0.3, -0.25) is 4.79 Å². The molecule has 0 aliphatic heterocycles. The van der Waals surface area contributed by atoms with E-state index in [0.29, 0.717) is 52.2 Å². The van der Waals surface area contributed by atoms with Crippen LogP contribution in [0.4, 0.5) is 0 Å². The molecule has 4 aromatic rings. The highest BCUT2D eigenvalue weighted by Gasteiger charge is 2.16. The van der Waals surface area contributed by atoms with Gasteiger partial charge in [-0.15, -0.1) is 0 Å². The predicted octanol–water partition coefficient (Wildman–Crippen LogP) is 6.52. The van der Waals surface area contributed by atoms with Gasteiger partial charge < -0.3 is 18.6 Å². The summed E-state index contributed by atoms with van der Waals surface area (Å²) in [6.07, 6.45) is 0. The molecule has 0 aliphatic carbocycles. The first-order valence-electron chi connectivity index (χ1n) is 9.89. The quantitative estimate of drug-likeness (QED) is 0.330. The Morgan fingerprint density at radius 1 is 0.935 bits per heavy atom. The fourth-order valence-electron chi connectivity index (χ4n) is 3.19. The van der Waals surface area contributed by atoms with Crippen molar-refractivity contribution in [3.8, 4) is 23.0 Å². The summed E-state index contributed by atoms with van der Waals surface area (Å²) in [7, 11) is 0. The minimum atomic E-state index is -0.258. The zero-order valence-corrected chi connectivity index (χ0v) is 17.9. The van der Waals surface area contributed by atoms with Crippen LogP contribution in [0.2, 0.25) is 5.02 Å². The summed E-state index contributed by atoms with van der Waals surface area (Å²) < 4.78 is 23.2. The molecule has 0 saturated carbocycles. The maximum Gasteiger partial charge on any atom is 0.235 e. The number of hydrogen-bond donors (Lipinski definition) is 0. The van der Waals surface area contributed by atoms with Gasteiger partial charge in [0.05, 0.1) is 12.0 Å². The highest BCUT2D eigenvalue weighted by atomic mass is 35.5. The Kier molecular flexibility index (Phi) is 6.14. The van der Waals surface area contributed by atoms with Gasteiger partial charge >= 0.3 is 0 Å². The topological polar surface area (TPSA) is 57.9 Å². The summed E-state index contributed by atoms with van der Waals surface area (Å²) in [6.45, 7) is 4.42. The predicted molar refractivity (Wildman–Crippen MR) is 121 cm³/mol. The summed E-state index contributed by atoms with van der Waals surface area (Å²) in [5.74, 6) is 2.11. The largest absolute Gasteiger partial charge is 0.490 e. The van der Waals surface area contributed by atoms with E-state index in [1.807, 2.05) is 43.3 Å². The Hall–Kier alpha value is -3.44. The number of rotatable bonds is 7. The zero-order valence-electron chi connectivity index (χ0n) is 17.2. The minimum absolute atomic E-state index is 0.132. The first-order chi connectivity index (χ1) is 15.0. The molecule has 0 fully saturated rings. The van der Waals surface area contributed by atoms with E-state index in [2.05, 4.69) is 0 Å². The lowest BCUT2D eigenvalue weighted by Crippen LogP contribution is -2.08. The van der Waals surface area contributed by atoms with E-state index >= 15 is 0 Å². The van der Waals surface area contributed by atoms with Crippen LogP contribution in [-0.4, -0.2) is 6.61 Å². The molecule has 0 atom stereocenters. The van der Waals surface area contributed by atoms with Gasteiger partial charge in [0.2, 0.25) is 11.2 Å². The molecule has 4 rings (SSSR count). The lowest BCUT2D eigenvalue weighted by molar-refractivity contribution is 0.306. The fourth-order valence-corrected chi connectivity index (χ4v) is 3.40. The Labute approximate surface area is 184 Å². The third-order valence-electron chi connectivity index (χ3n) is 4.64. The molecular formula is C25H21ClO5. The van der Waals surface area contributed by atoms with Gasteiger partial charge in [0.25, 0.3) is 0 Å².